The lowest BCUT2D eigenvalue weighted by Crippen LogP contribution is -2.55. The van der Waals surface area contributed by atoms with Crippen molar-refractivity contribution in [3.63, 3.8) is 0 Å². The second-order valence-corrected chi connectivity index (χ2v) is 10.7. The molecule has 0 aromatic rings. The Bertz CT molecular complexity index is 843. The number of dihydropyridines is 1. The normalized spacial score (nSPS) is 22.2. The maximum Gasteiger partial charge on any atom is 0.232 e. The number of likely N-dealkylation sites (tertiary alicyclic amines) is 1. The van der Waals surface area contributed by atoms with Gasteiger partial charge in [0.2, 0.25) is 5.91 Å². The van der Waals surface area contributed by atoms with Gasteiger partial charge >= 0.3 is 0 Å². The SMILES string of the molecule is CCC(C)C1=C(F)C(N2CCCC2)=C(NC(=O)C(C(N)N)C(C)N/C=C(/F)CCC2CCCC2)CN1. The summed E-state index contributed by atoms with van der Waals surface area (Å²) in [4.78, 5) is 15.3. The highest BCUT2D eigenvalue weighted by molar-refractivity contribution is 5.82. The van der Waals surface area contributed by atoms with Crippen molar-refractivity contribution in [1.82, 2.24) is 20.9 Å². The number of hydrogen-bond donors (Lipinski definition) is 5. The Morgan fingerprint density at radius 1 is 1.19 bits per heavy atom. The molecule has 9 heteroatoms. The largest absolute Gasteiger partial charge is 0.385 e. The van der Waals surface area contributed by atoms with Crippen LogP contribution in [0.1, 0.15) is 78.6 Å². The number of rotatable bonds is 12. The van der Waals surface area contributed by atoms with Crippen LogP contribution in [0.25, 0.3) is 0 Å². The van der Waals surface area contributed by atoms with Crippen molar-refractivity contribution in [2.24, 2.45) is 29.2 Å². The fourth-order valence-electron chi connectivity index (χ4n) is 5.58. The molecule has 7 N–H and O–H groups in total. The summed E-state index contributed by atoms with van der Waals surface area (Å²) in [5.41, 5.74) is 13.5. The Morgan fingerprint density at radius 2 is 1.86 bits per heavy atom. The number of carbonyl (C=O) groups is 1. The van der Waals surface area contributed by atoms with Crippen molar-refractivity contribution in [2.45, 2.75) is 90.8 Å². The Balaban J connectivity index is 1.71. The molecule has 2 heterocycles. The van der Waals surface area contributed by atoms with Gasteiger partial charge in [-0.25, -0.2) is 8.78 Å². The van der Waals surface area contributed by atoms with Gasteiger partial charge in [0.05, 0.1) is 35.7 Å². The number of nitrogens with two attached hydrogens (primary N) is 2. The molecule has 7 nitrogen and oxygen atoms in total. The number of carbonyl (C=O) groups excluding carboxylic acids is 1. The molecule has 2 fully saturated rings. The van der Waals surface area contributed by atoms with Crippen LogP contribution in [0.5, 0.6) is 0 Å². The van der Waals surface area contributed by atoms with Gasteiger partial charge in [0.15, 0.2) is 5.83 Å². The molecule has 2 aliphatic heterocycles. The summed E-state index contributed by atoms with van der Waals surface area (Å²) in [5.74, 6) is -1.13. The summed E-state index contributed by atoms with van der Waals surface area (Å²) in [6.07, 6.45) is 9.21. The van der Waals surface area contributed by atoms with Crippen molar-refractivity contribution in [1.29, 1.82) is 0 Å². The number of allylic oxidation sites excluding steroid dienone is 3. The minimum absolute atomic E-state index is 0.0460. The predicted molar refractivity (Wildman–Crippen MR) is 140 cm³/mol. The van der Waals surface area contributed by atoms with Crippen LogP contribution in [0.4, 0.5) is 8.78 Å². The van der Waals surface area contributed by atoms with Crippen LogP contribution in [0.2, 0.25) is 0 Å². The minimum atomic E-state index is -0.967. The minimum Gasteiger partial charge on any atom is -0.385 e. The van der Waals surface area contributed by atoms with E-state index in [0.717, 1.165) is 38.8 Å². The molecule has 3 rings (SSSR count). The molecule has 0 aromatic heterocycles. The van der Waals surface area contributed by atoms with E-state index in [9.17, 15) is 9.18 Å². The van der Waals surface area contributed by atoms with E-state index in [4.69, 9.17) is 11.5 Å². The number of nitrogens with one attached hydrogen (secondary N) is 3. The average molecular weight is 509 g/mol. The van der Waals surface area contributed by atoms with Gasteiger partial charge in [0.25, 0.3) is 0 Å². The zero-order valence-corrected chi connectivity index (χ0v) is 22.2. The summed E-state index contributed by atoms with van der Waals surface area (Å²) in [6, 6.07) is -0.509. The molecule has 0 radical (unpaired) electrons. The Hall–Kier alpha value is -2.13. The molecule has 1 amide bonds. The van der Waals surface area contributed by atoms with E-state index >= 15 is 4.39 Å². The molecule has 0 aromatic carbocycles. The highest BCUT2D eigenvalue weighted by Crippen LogP contribution is 2.32. The summed E-state index contributed by atoms with van der Waals surface area (Å²) in [6.45, 7) is 7.58. The van der Waals surface area contributed by atoms with Crippen molar-refractivity contribution < 1.29 is 13.6 Å². The van der Waals surface area contributed by atoms with Crippen molar-refractivity contribution >= 4 is 5.91 Å². The average Bonchev–Trinajstić information content (AvgIpc) is 3.55. The molecule has 1 saturated carbocycles. The van der Waals surface area contributed by atoms with Gasteiger partial charge in [-0.05, 0) is 44.4 Å². The zero-order chi connectivity index (χ0) is 26.2. The summed E-state index contributed by atoms with van der Waals surface area (Å²) in [5, 5.41) is 9.06. The molecule has 3 unspecified atom stereocenters. The lowest BCUT2D eigenvalue weighted by Gasteiger charge is -2.33. The predicted octanol–water partition coefficient (Wildman–Crippen LogP) is 3.86. The van der Waals surface area contributed by atoms with Crippen LogP contribution in [-0.2, 0) is 4.79 Å². The molecule has 36 heavy (non-hydrogen) atoms. The third kappa shape index (κ3) is 7.22. The van der Waals surface area contributed by atoms with Crippen LogP contribution < -0.4 is 27.4 Å². The third-order valence-corrected chi connectivity index (χ3v) is 8.01. The standard InChI is InChI=1S/C27H46F2N6O/c1-4-17(2)24-23(29)25(35-13-7-8-14-35)21(16-33-24)34-27(36)22(26(30)31)18(3)32-15-20(28)12-11-19-9-5-6-10-19/h15,17-19,22,26,32-33H,4-14,16,30-31H2,1-3H3,(H,34,36)/b20-15+. The van der Waals surface area contributed by atoms with Gasteiger partial charge in [-0.3, -0.25) is 4.79 Å². The zero-order valence-electron chi connectivity index (χ0n) is 22.2. The van der Waals surface area contributed by atoms with Crippen molar-refractivity contribution in [2.75, 3.05) is 19.6 Å². The number of amides is 1. The van der Waals surface area contributed by atoms with Gasteiger partial charge in [-0.1, -0.05) is 39.5 Å². The van der Waals surface area contributed by atoms with E-state index in [-0.39, 0.29) is 17.6 Å². The van der Waals surface area contributed by atoms with Gasteiger partial charge in [0, 0.05) is 31.8 Å². The molecule has 3 atom stereocenters. The van der Waals surface area contributed by atoms with Crippen molar-refractivity contribution in [3.8, 4) is 0 Å². The van der Waals surface area contributed by atoms with Crippen LogP contribution in [0.3, 0.4) is 0 Å². The van der Waals surface area contributed by atoms with E-state index in [1.165, 1.54) is 31.9 Å². The highest BCUT2D eigenvalue weighted by atomic mass is 19.1. The lowest BCUT2D eigenvalue weighted by atomic mass is 9.96. The molecule has 1 saturated heterocycles. The summed E-state index contributed by atoms with van der Waals surface area (Å²) >= 11 is 0. The van der Waals surface area contributed by atoms with Crippen LogP contribution in [-0.4, -0.2) is 42.6 Å². The first-order chi connectivity index (χ1) is 17.2. The Kier molecular flexibility index (Phi) is 10.6. The van der Waals surface area contributed by atoms with E-state index in [0.29, 0.717) is 36.0 Å². The monoisotopic (exact) mass is 508 g/mol. The van der Waals surface area contributed by atoms with E-state index in [1.807, 2.05) is 18.7 Å². The smallest absolute Gasteiger partial charge is 0.232 e. The molecule has 1 aliphatic carbocycles. The maximum atomic E-state index is 15.7. The van der Waals surface area contributed by atoms with Gasteiger partial charge < -0.3 is 32.3 Å². The fourth-order valence-corrected chi connectivity index (χ4v) is 5.58. The first-order valence-electron chi connectivity index (χ1n) is 13.8. The molecular formula is C27H46F2N6O. The quantitative estimate of drug-likeness (QED) is 0.256. The van der Waals surface area contributed by atoms with Crippen LogP contribution in [0.15, 0.2) is 34.9 Å². The molecule has 204 valence electrons. The second-order valence-electron chi connectivity index (χ2n) is 10.7. The number of nitrogens with zero attached hydrogens (tertiary/aromatic N) is 1. The topological polar surface area (TPSA) is 108 Å². The highest BCUT2D eigenvalue weighted by Gasteiger charge is 2.34. The molecule has 3 aliphatic rings. The van der Waals surface area contributed by atoms with E-state index in [2.05, 4.69) is 16.0 Å². The van der Waals surface area contributed by atoms with E-state index in [1.54, 1.807) is 6.92 Å². The first-order valence-corrected chi connectivity index (χ1v) is 13.8. The fraction of sp³-hybridized carbons (Fsp3) is 0.741. The maximum absolute atomic E-state index is 15.7. The molecule has 0 spiro atoms. The van der Waals surface area contributed by atoms with Crippen LogP contribution in [0, 0.1) is 17.8 Å². The lowest BCUT2D eigenvalue weighted by molar-refractivity contribution is -0.125. The van der Waals surface area contributed by atoms with Crippen LogP contribution >= 0.6 is 0 Å². The Morgan fingerprint density at radius 3 is 2.47 bits per heavy atom. The van der Waals surface area contributed by atoms with Gasteiger partial charge in [-0.15, -0.1) is 0 Å². The summed E-state index contributed by atoms with van der Waals surface area (Å²) in [7, 11) is 0. The second kappa shape index (κ2) is 13.4. The number of halogens is 2. The molecular weight excluding hydrogens is 462 g/mol. The van der Waals surface area contributed by atoms with Gasteiger partial charge in [-0.2, -0.15) is 0 Å². The number of hydrogen-bond acceptors (Lipinski definition) is 6. The summed E-state index contributed by atoms with van der Waals surface area (Å²) < 4.78 is 30.1. The van der Waals surface area contributed by atoms with Gasteiger partial charge in [0.1, 0.15) is 5.83 Å². The van der Waals surface area contributed by atoms with E-state index < -0.39 is 24.0 Å². The third-order valence-electron chi connectivity index (χ3n) is 8.01. The van der Waals surface area contributed by atoms with Crippen molar-refractivity contribution in [3.05, 3.63) is 34.9 Å². The molecule has 0 bridgehead atoms. The Labute approximate surface area is 215 Å². The first kappa shape index (κ1) is 28.4.